The number of thiophene rings is 1. The van der Waals surface area contributed by atoms with E-state index in [0.29, 0.717) is 16.1 Å². The Bertz CT molecular complexity index is 815. The van der Waals surface area contributed by atoms with Gasteiger partial charge in [0, 0.05) is 10.4 Å². The maximum atomic E-state index is 12.1. The highest BCUT2D eigenvalue weighted by molar-refractivity contribution is 7.16. The molecule has 3 N–H and O–H groups in total. The van der Waals surface area contributed by atoms with Crippen LogP contribution in [-0.4, -0.2) is 30.9 Å². The summed E-state index contributed by atoms with van der Waals surface area (Å²) in [5.41, 5.74) is 7.64. The molecule has 0 radical (unpaired) electrons. The van der Waals surface area contributed by atoms with Gasteiger partial charge in [-0.2, -0.15) is 0 Å². The monoisotopic (exact) mass is 375 g/mol. The molecule has 8 heteroatoms. The van der Waals surface area contributed by atoms with Gasteiger partial charge in [-0.3, -0.25) is 4.79 Å². The first-order chi connectivity index (χ1) is 12.4. The van der Waals surface area contributed by atoms with Gasteiger partial charge < -0.3 is 20.6 Å². The van der Waals surface area contributed by atoms with Crippen molar-refractivity contribution in [1.82, 2.24) is 0 Å². The quantitative estimate of drug-likeness (QED) is 0.335. The van der Waals surface area contributed by atoms with Crippen LogP contribution in [0.3, 0.4) is 0 Å². The summed E-state index contributed by atoms with van der Waals surface area (Å²) in [6.45, 7) is 5.35. The minimum absolute atomic E-state index is 0.174. The number of esters is 1. The SMILES string of the molecule is CCOC(=O)c1c(NC(=O)CO/N=C(\N)c2ccccc2)sc(C)c1C. The fraction of sp³-hybridized carbons (Fsp3) is 0.278. The topological polar surface area (TPSA) is 103 Å². The number of carbonyl (C=O) groups is 2. The highest BCUT2D eigenvalue weighted by Gasteiger charge is 2.22. The second-order valence-corrected chi connectivity index (χ2v) is 6.60. The lowest BCUT2D eigenvalue weighted by Crippen LogP contribution is -2.20. The van der Waals surface area contributed by atoms with E-state index in [0.717, 1.165) is 10.4 Å². The number of oxime groups is 1. The second-order valence-electron chi connectivity index (χ2n) is 5.37. The molecule has 0 aliphatic carbocycles. The molecule has 0 unspecified atom stereocenters. The van der Waals surface area contributed by atoms with Crippen LogP contribution in [0.4, 0.5) is 5.00 Å². The molecule has 0 saturated heterocycles. The third-order valence-corrected chi connectivity index (χ3v) is 4.67. The number of ether oxygens (including phenoxy) is 1. The number of hydrogen-bond donors (Lipinski definition) is 2. The van der Waals surface area contributed by atoms with Gasteiger partial charge in [0.05, 0.1) is 12.2 Å². The molecular formula is C18H21N3O4S. The van der Waals surface area contributed by atoms with Crippen molar-refractivity contribution >= 4 is 34.0 Å². The first-order valence-corrected chi connectivity index (χ1v) is 8.83. The summed E-state index contributed by atoms with van der Waals surface area (Å²) in [4.78, 5) is 30.1. The standard InChI is InChI=1S/C18H21N3O4S/c1-4-24-18(23)15-11(2)12(3)26-17(15)20-14(22)10-25-21-16(19)13-8-6-5-7-9-13/h5-9H,4,10H2,1-3H3,(H2,19,21)(H,20,22). The van der Waals surface area contributed by atoms with Crippen molar-refractivity contribution in [3.8, 4) is 0 Å². The van der Waals surface area contributed by atoms with Crippen molar-refractivity contribution in [2.24, 2.45) is 10.9 Å². The number of amidine groups is 1. The van der Waals surface area contributed by atoms with Crippen molar-refractivity contribution in [1.29, 1.82) is 0 Å². The van der Waals surface area contributed by atoms with Gasteiger partial charge in [-0.05, 0) is 26.3 Å². The number of benzene rings is 1. The average Bonchev–Trinajstić information content (AvgIpc) is 2.89. The lowest BCUT2D eigenvalue weighted by atomic mass is 10.1. The molecule has 2 rings (SSSR count). The van der Waals surface area contributed by atoms with E-state index < -0.39 is 11.9 Å². The number of nitrogens with two attached hydrogens (primary N) is 1. The van der Waals surface area contributed by atoms with Crippen molar-refractivity contribution in [3.05, 3.63) is 51.9 Å². The fourth-order valence-corrected chi connectivity index (χ4v) is 3.21. The number of rotatable bonds is 7. The third-order valence-electron chi connectivity index (χ3n) is 3.55. The van der Waals surface area contributed by atoms with Crippen molar-refractivity contribution in [2.75, 3.05) is 18.5 Å². The zero-order valence-corrected chi connectivity index (χ0v) is 15.7. The molecule has 0 atom stereocenters. The molecule has 0 fully saturated rings. The zero-order chi connectivity index (χ0) is 19.1. The molecule has 0 saturated carbocycles. The van der Waals surface area contributed by atoms with Gasteiger partial charge in [0.2, 0.25) is 0 Å². The maximum Gasteiger partial charge on any atom is 0.341 e. The Labute approximate surface area is 155 Å². The number of anilines is 1. The minimum Gasteiger partial charge on any atom is -0.462 e. The summed E-state index contributed by atoms with van der Waals surface area (Å²) in [6.07, 6.45) is 0. The number of nitrogens with one attached hydrogen (secondary N) is 1. The van der Waals surface area contributed by atoms with Crippen LogP contribution < -0.4 is 11.1 Å². The molecule has 0 spiro atoms. The Kier molecular flexibility index (Phi) is 6.74. The van der Waals surface area contributed by atoms with E-state index >= 15 is 0 Å². The van der Waals surface area contributed by atoms with Crippen LogP contribution in [0.25, 0.3) is 0 Å². The van der Waals surface area contributed by atoms with Crippen LogP contribution in [0.5, 0.6) is 0 Å². The van der Waals surface area contributed by atoms with Crippen molar-refractivity contribution < 1.29 is 19.2 Å². The average molecular weight is 375 g/mol. The normalized spacial score (nSPS) is 11.1. The molecule has 0 aliphatic heterocycles. The predicted molar refractivity (Wildman–Crippen MR) is 101 cm³/mol. The highest BCUT2D eigenvalue weighted by Crippen LogP contribution is 2.32. The number of carbonyl (C=O) groups excluding carboxylic acids is 2. The van der Waals surface area contributed by atoms with Gasteiger partial charge in [-0.15, -0.1) is 11.3 Å². The summed E-state index contributed by atoms with van der Waals surface area (Å²) >= 11 is 1.31. The van der Waals surface area contributed by atoms with Crippen LogP contribution in [0, 0.1) is 13.8 Å². The summed E-state index contributed by atoms with van der Waals surface area (Å²) in [6, 6.07) is 9.07. The maximum absolute atomic E-state index is 12.1. The van der Waals surface area contributed by atoms with E-state index in [-0.39, 0.29) is 19.0 Å². The Hall–Kier alpha value is -2.87. The van der Waals surface area contributed by atoms with Crippen LogP contribution in [0.1, 0.15) is 33.3 Å². The number of amides is 1. The van der Waals surface area contributed by atoms with Crippen LogP contribution in [-0.2, 0) is 14.4 Å². The van der Waals surface area contributed by atoms with Crippen LogP contribution >= 0.6 is 11.3 Å². The van der Waals surface area contributed by atoms with Gasteiger partial charge in [-0.25, -0.2) is 4.79 Å². The number of hydrogen-bond acceptors (Lipinski definition) is 6. The smallest absolute Gasteiger partial charge is 0.341 e. The molecule has 2 aromatic rings. The summed E-state index contributed by atoms with van der Waals surface area (Å²) in [5, 5.41) is 6.84. The van der Waals surface area contributed by atoms with Gasteiger partial charge in [0.15, 0.2) is 12.4 Å². The molecule has 1 aromatic heterocycles. The molecular weight excluding hydrogens is 354 g/mol. The van der Waals surface area contributed by atoms with E-state index in [9.17, 15) is 9.59 Å². The number of aryl methyl sites for hydroxylation is 1. The molecule has 138 valence electrons. The molecule has 1 amide bonds. The van der Waals surface area contributed by atoms with E-state index in [1.165, 1.54) is 11.3 Å². The molecule has 7 nitrogen and oxygen atoms in total. The van der Waals surface area contributed by atoms with Gasteiger partial charge >= 0.3 is 5.97 Å². The van der Waals surface area contributed by atoms with Crippen LogP contribution in [0.2, 0.25) is 0 Å². The zero-order valence-electron chi connectivity index (χ0n) is 14.9. The first-order valence-electron chi connectivity index (χ1n) is 8.01. The van der Waals surface area contributed by atoms with Gasteiger partial charge in [-0.1, -0.05) is 35.5 Å². The van der Waals surface area contributed by atoms with E-state index in [4.69, 9.17) is 15.3 Å². The predicted octanol–water partition coefficient (Wildman–Crippen LogP) is 2.82. The van der Waals surface area contributed by atoms with Gasteiger partial charge in [0.25, 0.3) is 5.91 Å². The van der Waals surface area contributed by atoms with Gasteiger partial charge in [0.1, 0.15) is 5.00 Å². The lowest BCUT2D eigenvalue weighted by molar-refractivity contribution is -0.120. The summed E-state index contributed by atoms with van der Waals surface area (Å²) in [5.74, 6) is -0.730. The summed E-state index contributed by atoms with van der Waals surface area (Å²) < 4.78 is 5.05. The Morgan fingerprint density at radius 2 is 1.92 bits per heavy atom. The lowest BCUT2D eigenvalue weighted by Gasteiger charge is -2.07. The molecule has 0 bridgehead atoms. The summed E-state index contributed by atoms with van der Waals surface area (Å²) in [7, 11) is 0. The Balaban J connectivity index is 2.00. The largest absolute Gasteiger partial charge is 0.462 e. The Morgan fingerprint density at radius 3 is 2.58 bits per heavy atom. The third kappa shape index (κ3) is 4.82. The fourth-order valence-electron chi connectivity index (χ4n) is 2.15. The molecule has 26 heavy (non-hydrogen) atoms. The van der Waals surface area contributed by atoms with Crippen molar-refractivity contribution in [2.45, 2.75) is 20.8 Å². The molecule has 1 heterocycles. The molecule has 0 aliphatic rings. The van der Waals surface area contributed by atoms with Crippen LogP contribution in [0.15, 0.2) is 35.5 Å². The number of nitrogens with zero attached hydrogens (tertiary/aromatic N) is 1. The van der Waals surface area contributed by atoms with E-state index in [1.54, 1.807) is 19.1 Å². The molecule has 1 aromatic carbocycles. The van der Waals surface area contributed by atoms with Crippen molar-refractivity contribution in [3.63, 3.8) is 0 Å². The van der Waals surface area contributed by atoms with E-state index in [1.807, 2.05) is 32.0 Å². The minimum atomic E-state index is -0.461. The first kappa shape index (κ1) is 19.5. The second kappa shape index (κ2) is 9.00. The highest BCUT2D eigenvalue weighted by atomic mass is 32.1. The Morgan fingerprint density at radius 1 is 1.23 bits per heavy atom. The van der Waals surface area contributed by atoms with E-state index in [2.05, 4.69) is 10.5 Å².